The summed E-state index contributed by atoms with van der Waals surface area (Å²) in [5, 5.41) is 0. The number of hydrogen-bond acceptors (Lipinski definition) is 3. The second kappa shape index (κ2) is 4.39. The van der Waals surface area contributed by atoms with E-state index in [1.807, 2.05) is 24.3 Å². The average Bonchev–Trinajstić information content (AvgIpc) is 2.38. The van der Waals surface area contributed by atoms with Crippen molar-refractivity contribution in [3.8, 4) is 0 Å². The van der Waals surface area contributed by atoms with Crippen LogP contribution in [-0.2, 0) is 10.0 Å². The number of hydrogen-bond donors (Lipinski definition) is 0. The maximum atomic E-state index is 11.7. The van der Waals surface area contributed by atoms with Gasteiger partial charge in [0.25, 0.3) is 10.0 Å². The number of rotatable bonds is 1. The molecule has 0 aromatic heterocycles. The Bertz CT molecular complexity index is 566. The third kappa shape index (κ3) is 2.14. The summed E-state index contributed by atoms with van der Waals surface area (Å²) in [6.45, 7) is 1.50. The number of piperidine rings is 1. The van der Waals surface area contributed by atoms with Crippen molar-refractivity contribution in [2.24, 2.45) is 4.40 Å². The van der Waals surface area contributed by atoms with E-state index < -0.39 is 10.0 Å². The summed E-state index contributed by atoms with van der Waals surface area (Å²) in [4.78, 5) is 2.12. The monoisotopic (exact) mass is 263 g/mol. The van der Waals surface area contributed by atoms with Crippen LogP contribution in [0.15, 0.2) is 28.7 Å². The van der Waals surface area contributed by atoms with Crippen LogP contribution in [0, 0.1) is 6.07 Å². The number of sulfonamides is 1. The molecule has 5 heteroatoms. The summed E-state index contributed by atoms with van der Waals surface area (Å²) < 4.78 is 27.3. The molecule has 4 nitrogen and oxygen atoms in total. The lowest BCUT2D eigenvalue weighted by atomic mass is 9.89. The van der Waals surface area contributed by atoms with Crippen LogP contribution < -0.4 is 0 Å². The average molecular weight is 263 g/mol. The van der Waals surface area contributed by atoms with Crippen LogP contribution in [0.1, 0.15) is 24.3 Å². The van der Waals surface area contributed by atoms with E-state index in [1.54, 1.807) is 0 Å². The summed E-state index contributed by atoms with van der Waals surface area (Å²) in [6, 6.07) is 10.7. The zero-order valence-corrected chi connectivity index (χ0v) is 10.9. The Kier molecular flexibility index (Phi) is 2.86. The van der Waals surface area contributed by atoms with Crippen LogP contribution >= 0.6 is 0 Å². The fourth-order valence-electron chi connectivity index (χ4n) is 2.66. The molecule has 0 aliphatic carbocycles. The lowest BCUT2D eigenvalue weighted by Crippen LogP contribution is -2.46. The van der Waals surface area contributed by atoms with Crippen molar-refractivity contribution in [2.75, 3.05) is 18.8 Å². The van der Waals surface area contributed by atoms with Gasteiger partial charge in [-0.25, -0.2) is 8.42 Å². The minimum Gasteiger partial charge on any atom is -0.358 e. The van der Waals surface area contributed by atoms with E-state index >= 15 is 0 Å². The largest absolute Gasteiger partial charge is 0.358 e. The predicted octanol–water partition coefficient (Wildman–Crippen LogP) is 1.41. The first-order valence-electron chi connectivity index (χ1n) is 6.19. The molecule has 0 bridgehead atoms. The highest BCUT2D eigenvalue weighted by atomic mass is 32.2. The van der Waals surface area contributed by atoms with Crippen LogP contribution in [0.25, 0.3) is 0 Å². The van der Waals surface area contributed by atoms with E-state index in [4.69, 9.17) is 0 Å². The van der Waals surface area contributed by atoms with Gasteiger partial charge in [-0.15, -0.1) is 4.40 Å². The molecule has 1 saturated heterocycles. The number of fused-ring (bicyclic) bond motifs is 1. The summed E-state index contributed by atoms with van der Waals surface area (Å²) in [7, 11) is -3.26. The van der Waals surface area contributed by atoms with E-state index in [2.05, 4.69) is 15.4 Å². The van der Waals surface area contributed by atoms with Gasteiger partial charge in [0.2, 0.25) is 0 Å². The minimum absolute atomic E-state index is 0.114. The molecule has 1 radical (unpaired) electrons. The second-order valence-corrected chi connectivity index (χ2v) is 6.51. The van der Waals surface area contributed by atoms with Gasteiger partial charge in [0.15, 0.2) is 0 Å². The van der Waals surface area contributed by atoms with Gasteiger partial charge >= 0.3 is 0 Å². The predicted molar refractivity (Wildman–Crippen MR) is 70.0 cm³/mol. The molecule has 2 aliphatic rings. The smallest absolute Gasteiger partial charge is 0.256 e. The van der Waals surface area contributed by atoms with Crippen LogP contribution in [0.2, 0.25) is 0 Å². The maximum Gasteiger partial charge on any atom is 0.256 e. The SMILES string of the molecule is O=S1(=O)CCN2CCCC(c3cc[c]cc3)C2=N1. The Morgan fingerprint density at radius 1 is 1.28 bits per heavy atom. The summed E-state index contributed by atoms with van der Waals surface area (Å²) in [6.07, 6.45) is 2.05. The van der Waals surface area contributed by atoms with E-state index in [-0.39, 0.29) is 11.7 Å². The van der Waals surface area contributed by atoms with Gasteiger partial charge in [0.05, 0.1) is 5.75 Å². The zero-order chi connectivity index (χ0) is 12.6. The molecule has 0 spiro atoms. The molecule has 1 fully saturated rings. The van der Waals surface area contributed by atoms with Crippen molar-refractivity contribution in [1.29, 1.82) is 0 Å². The standard InChI is InChI=1S/C13H15N2O2S/c16-18(17)10-9-15-8-4-7-12(13(15)14-18)11-5-2-1-3-6-11/h2-3,5-6,12H,4,7-10H2. The molecule has 0 saturated carbocycles. The molecule has 1 aromatic carbocycles. The van der Waals surface area contributed by atoms with Crippen molar-refractivity contribution >= 4 is 15.9 Å². The molecule has 18 heavy (non-hydrogen) atoms. The first-order valence-corrected chi connectivity index (χ1v) is 7.80. The van der Waals surface area contributed by atoms with Gasteiger partial charge in [-0.05, 0) is 24.5 Å². The second-order valence-electron chi connectivity index (χ2n) is 4.75. The van der Waals surface area contributed by atoms with E-state index in [0.717, 1.165) is 30.8 Å². The summed E-state index contributed by atoms with van der Waals surface area (Å²) >= 11 is 0. The summed E-state index contributed by atoms with van der Waals surface area (Å²) in [5.41, 5.74) is 1.13. The fraction of sp³-hybridized carbons (Fsp3) is 0.462. The molecule has 1 atom stereocenters. The molecule has 0 N–H and O–H groups in total. The third-order valence-electron chi connectivity index (χ3n) is 3.55. The molecule has 1 unspecified atom stereocenters. The Balaban J connectivity index is 2.02. The van der Waals surface area contributed by atoms with Crippen LogP contribution in [0.3, 0.4) is 0 Å². The Morgan fingerprint density at radius 3 is 2.83 bits per heavy atom. The lowest BCUT2D eigenvalue weighted by Gasteiger charge is -2.37. The normalized spacial score (nSPS) is 26.3. The van der Waals surface area contributed by atoms with Crippen molar-refractivity contribution in [3.05, 3.63) is 35.9 Å². The molecule has 2 aliphatic heterocycles. The first kappa shape index (κ1) is 11.7. The highest BCUT2D eigenvalue weighted by Crippen LogP contribution is 2.31. The Labute approximate surface area is 107 Å². The van der Waals surface area contributed by atoms with Crippen molar-refractivity contribution in [3.63, 3.8) is 0 Å². The lowest BCUT2D eigenvalue weighted by molar-refractivity contribution is 0.366. The molecular formula is C13H15N2O2S. The molecule has 95 valence electrons. The molecule has 0 amide bonds. The van der Waals surface area contributed by atoms with Crippen molar-refractivity contribution in [2.45, 2.75) is 18.8 Å². The number of amidine groups is 1. The van der Waals surface area contributed by atoms with Gasteiger partial charge < -0.3 is 4.90 Å². The highest BCUT2D eigenvalue weighted by molar-refractivity contribution is 7.90. The van der Waals surface area contributed by atoms with Crippen LogP contribution in [-0.4, -0.2) is 38.0 Å². The number of benzene rings is 1. The third-order valence-corrected chi connectivity index (χ3v) is 4.72. The highest BCUT2D eigenvalue weighted by Gasteiger charge is 2.33. The zero-order valence-electron chi connectivity index (χ0n) is 10.0. The minimum atomic E-state index is -3.26. The van der Waals surface area contributed by atoms with Gasteiger partial charge in [-0.1, -0.05) is 24.3 Å². The van der Waals surface area contributed by atoms with Gasteiger partial charge in [-0.2, -0.15) is 0 Å². The molecular weight excluding hydrogens is 248 g/mol. The van der Waals surface area contributed by atoms with E-state index in [0.29, 0.717) is 6.54 Å². The van der Waals surface area contributed by atoms with Gasteiger partial charge in [0, 0.05) is 19.0 Å². The number of nitrogens with zero attached hydrogens (tertiary/aromatic N) is 2. The van der Waals surface area contributed by atoms with Crippen molar-refractivity contribution in [1.82, 2.24) is 4.90 Å². The summed E-state index contributed by atoms with van der Waals surface area (Å²) in [5.74, 6) is 0.994. The fourth-order valence-corrected chi connectivity index (χ4v) is 3.73. The molecule has 1 aromatic rings. The quantitative estimate of drug-likeness (QED) is 0.769. The van der Waals surface area contributed by atoms with E-state index in [1.165, 1.54) is 0 Å². The van der Waals surface area contributed by atoms with Crippen LogP contribution in [0.5, 0.6) is 0 Å². The van der Waals surface area contributed by atoms with Crippen molar-refractivity contribution < 1.29 is 8.42 Å². The van der Waals surface area contributed by atoms with Crippen LogP contribution in [0.4, 0.5) is 0 Å². The Morgan fingerprint density at radius 2 is 2.06 bits per heavy atom. The van der Waals surface area contributed by atoms with Gasteiger partial charge in [0.1, 0.15) is 5.84 Å². The van der Waals surface area contributed by atoms with E-state index in [9.17, 15) is 8.42 Å². The Hall–Kier alpha value is -1.36. The maximum absolute atomic E-state index is 11.7. The van der Waals surface area contributed by atoms with Gasteiger partial charge in [-0.3, -0.25) is 0 Å². The topological polar surface area (TPSA) is 49.7 Å². The first-order chi connectivity index (χ1) is 8.66. The molecule has 3 rings (SSSR count). The molecule has 2 heterocycles.